The lowest BCUT2D eigenvalue weighted by Crippen LogP contribution is -2.29. The second kappa shape index (κ2) is 7.85. The smallest absolute Gasteiger partial charge is 0.336 e. The molecule has 5 nitrogen and oxygen atoms in total. The Labute approximate surface area is 118 Å². The molecule has 20 heavy (non-hydrogen) atoms. The fourth-order valence-electron chi connectivity index (χ4n) is 1.66. The third-order valence-electron chi connectivity index (χ3n) is 2.76. The predicted octanol–water partition coefficient (Wildman–Crippen LogP) is 2.62. The minimum Gasteiger partial charge on any atom is -0.478 e. The van der Waals surface area contributed by atoms with Crippen molar-refractivity contribution in [2.75, 3.05) is 11.9 Å². The number of benzene rings is 1. The number of carbonyl (C=O) groups excluding carboxylic acids is 1. The van der Waals surface area contributed by atoms with E-state index in [1.807, 2.05) is 0 Å². The molecular formula is C15H18N2O3. The number of carbonyl (C=O) groups is 2. The summed E-state index contributed by atoms with van der Waals surface area (Å²) in [6, 6.07) is 4.41. The van der Waals surface area contributed by atoms with Gasteiger partial charge in [-0.05, 0) is 37.5 Å². The molecule has 1 aromatic carbocycles. The second-order valence-corrected chi connectivity index (χ2v) is 4.38. The zero-order chi connectivity index (χ0) is 15.0. The van der Waals surface area contributed by atoms with E-state index in [2.05, 4.69) is 16.6 Å². The van der Waals surface area contributed by atoms with Gasteiger partial charge in [0.2, 0.25) is 0 Å². The Balaban J connectivity index is 2.48. The first kappa shape index (κ1) is 15.6. The standard InChI is InChI=1S/C15H18N2O3/c1-3-4-5-6-9-16-15(20)17-12-8-7-11(2)13(10-12)14(18)19/h1,7-8,10H,4-6,9H2,2H3,(H,18,19)(H2,16,17,20). The topological polar surface area (TPSA) is 78.4 Å². The first-order chi connectivity index (χ1) is 9.54. The number of rotatable bonds is 6. The lowest BCUT2D eigenvalue weighted by Gasteiger charge is -2.09. The van der Waals surface area contributed by atoms with Gasteiger partial charge >= 0.3 is 12.0 Å². The van der Waals surface area contributed by atoms with E-state index in [0.717, 1.165) is 12.8 Å². The molecule has 2 amide bonds. The van der Waals surface area contributed by atoms with Crippen LogP contribution in [0.15, 0.2) is 18.2 Å². The molecule has 0 unspecified atom stereocenters. The molecule has 0 bridgehead atoms. The quantitative estimate of drug-likeness (QED) is 0.551. The van der Waals surface area contributed by atoms with E-state index in [4.69, 9.17) is 11.5 Å². The summed E-state index contributed by atoms with van der Waals surface area (Å²) in [4.78, 5) is 22.6. The van der Waals surface area contributed by atoms with E-state index in [-0.39, 0.29) is 11.6 Å². The average molecular weight is 274 g/mol. The summed E-state index contributed by atoms with van der Waals surface area (Å²) in [6.45, 7) is 2.24. The lowest BCUT2D eigenvalue weighted by molar-refractivity contribution is 0.0696. The van der Waals surface area contributed by atoms with Crippen molar-refractivity contribution in [2.24, 2.45) is 0 Å². The van der Waals surface area contributed by atoms with Gasteiger partial charge in [-0.2, -0.15) is 0 Å². The molecule has 5 heteroatoms. The van der Waals surface area contributed by atoms with Gasteiger partial charge in [0.05, 0.1) is 5.56 Å². The highest BCUT2D eigenvalue weighted by Crippen LogP contribution is 2.15. The summed E-state index contributed by atoms with van der Waals surface area (Å²) in [5.41, 5.74) is 1.28. The molecule has 0 atom stereocenters. The Bertz CT molecular complexity index is 532. The van der Waals surface area contributed by atoms with Gasteiger partial charge in [0.1, 0.15) is 0 Å². The molecule has 1 rings (SSSR count). The maximum atomic E-state index is 11.6. The second-order valence-electron chi connectivity index (χ2n) is 4.38. The molecule has 0 saturated heterocycles. The van der Waals surface area contributed by atoms with Crippen LogP contribution in [0.25, 0.3) is 0 Å². The number of carboxylic acid groups (broad SMARTS) is 1. The number of carboxylic acids is 1. The molecule has 0 radical (unpaired) electrons. The molecule has 0 aliphatic heterocycles. The number of unbranched alkanes of at least 4 members (excludes halogenated alkanes) is 2. The summed E-state index contributed by atoms with van der Waals surface area (Å²) in [7, 11) is 0. The van der Waals surface area contributed by atoms with Gasteiger partial charge < -0.3 is 15.7 Å². The Morgan fingerprint density at radius 3 is 2.75 bits per heavy atom. The van der Waals surface area contributed by atoms with Gasteiger partial charge in [-0.1, -0.05) is 6.07 Å². The van der Waals surface area contributed by atoms with Gasteiger partial charge in [0, 0.05) is 18.7 Å². The molecule has 3 N–H and O–H groups in total. The molecule has 0 heterocycles. The van der Waals surface area contributed by atoms with Gasteiger partial charge in [0.25, 0.3) is 0 Å². The number of anilines is 1. The summed E-state index contributed by atoms with van der Waals surface area (Å²) >= 11 is 0. The van der Waals surface area contributed by atoms with Crippen molar-refractivity contribution in [1.29, 1.82) is 0 Å². The predicted molar refractivity (Wildman–Crippen MR) is 77.8 cm³/mol. The van der Waals surface area contributed by atoms with Gasteiger partial charge in [0.15, 0.2) is 0 Å². The number of terminal acetylenes is 1. The first-order valence-electron chi connectivity index (χ1n) is 6.37. The van der Waals surface area contributed by atoms with Crippen LogP contribution in [-0.4, -0.2) is 23.7 Å². The summed E-state index contributed by atoms with van der Waals surface area (Å²) in [5.74, 6) is 1.52. The number of aryl methyl sites for hydroxylation is 1. The Morgan fingerprint density at radius 2 is 2.10 bits per heavy atom. The number of urea groups is 1. The molecular weight excluding hydrogens is 256 g/mol. The van der Waals surface area contributed by atoms with Crippen LogP contribution in [0, 0.1) is 19.3 Å². The minimum absolute atomic E-state index is 0.178. The highest BCUT2D eigenvalue weighted by molar-refractivity contribution is 5.94. The van der Waals surface area contributed by atoms with E-state index in [9.17, 15) is 9.59 Å². The van der Waals surface area contributed by atoms with E-state index < -0.39 is 5.97 Å². The van der Waals surface area contributed by atoms with Crippen molar-refractivity contribution in [2.45, 2.75) is 26.2 Å². The molecule has 0 aliphatic carbocycles. The first-order valence-corrected chi connectivity index (χ1v) is 6.37. The van der Waals surface area contributed by atoms with Crippen LogP contribution in [0.4, 0.5) is 10.5 Å². The number of nitrogens with one attached hydrogen (secondary N) is 2. The molecule has 106 valence electrons. The molecule has 0 saturated carbocycles. The third kappa shape index (κ3) is 5.02. The molecule has 0 fully saturated rings. The minimum atomic E-state index is -1.01. The molecule has 0 aliphatic rings. The van der Waals surface area contributed by atoms with Crippen molar-refractivity contribution in [3.8, 4) is 12.3 Å². The molecule has 0 spiro atoms. The van der Waals surface area contributed by atoms with E-state index >= 15 is 0 Å². The number of hydrogen-bond donors (Lipinski definition) is 3. The van der Waals surface area contributed by atoms with Crippen LogP contribution in [0.1, 0.15) is 35.2 Å². The van der Waals surface area contributed by atoms with Gasteiger partial charge in [-0.15, -0.1) is 12.3 Å². The zero-order valence-electron chi connectivity index (χ0n) is 11.4. The Morgan fingerprint density at radius 1 is 1.35 bits per heavy atom. The van der Waals surface area contributed by atoms with Crippen LogP contribution in [-0.2, 0) is 0 Å². The molecule has 1 aromatic rings. The fourth-order valence-corrected chi connectivity index (χ4v) is 1.66. The van der Waals surface area contributed by atoms with E-state index in [1.165, 1.54) is 6.07 Å². The zero-order valence-corrected chi connectivity index (χ0v) is 11.4. The summed E-state index contributed by atoms with van der Waals surface area (Å²) in [6.07, 6.45) is 7.50. The monoisotopic (exact) mass is 274 g/mol. The van der Waals surface area contributed by atoms with Crippen molar-refractivity contribution in [1.82, 2.24) is 5.32 Å². The highest BCUT2D eigenvalue weighted by Gasteiger charge is 2.09. The number of amides is 2. The largest absolute Gasteiger partial charge is 0.478 e. The SMILES string of the molecule is C#CCCCCNC(=O)Nc1ccc(C)c(C(=O)O)c1. The van der Waals surface area contributed by atoms with Crippen molar-refractivity contribution < 1.29 is 14.7 Å². The van der Waals surface area contributed by atoms with Crippen molar-refractivity contribution >= 4 is 17.7 Å². The van der Waals surface area contributed by atoms with E-state index in [0.29, 0.717) is 24.2 Å². The summed E-state index contributed by atoms with van der Waals surface area (Å²) in [5, 5.41) is 14.3. The summed E-state index contributed by atoms with van der Waals surface area (Å²) < 4.78 is 0. The van der Waals surface area contributed by atoms with Crippen LogP contribution >= 0.6 is 0 Å². The Kier molecular flexibility index (Phi) is 6.11. The number of aromatic carboxylic acids is 1. The highest BCUT2D eigenvalue weighted by atomic mass is 16.4. The fraction of sp³-hybridized carbons (Fsp3) is 0.333. The average Bonchev–Trinajstić information content (AvgIpc) is 2.40. The maximum Gasteiger partial charge on any atom is 0.336 e. The van der Waals surface area contributed by atoms with Crippen LogP contribution in [0.5, 0.6) is 0 Å². The van der Waals surface area contributed by atoms with Crippen LogP contribution in [0.2, 0.25) is 0 Å². The van der Waals surface area contributed by atoms with Crippen molar-refractivity contribution in [3.63, 3.8) is 0 Å². The van der Waals surface area contributed by atoms with E-state index in [1.54, 1.807) is 19.1 Å². The lowest BCUT2D eigenvalue weighted by atomic mass is 10.1. The van der Waals surface area contributed by atoms with Crippen LogP contribution in [0.3, 0.4) is 0 Å². The van der Waals surface area contributed by atoms with Gasteiger partial charge in [-0.3, -0.25) is 0 Å². The van der Waals surface area contributed by atoms with Crippen molar-refractivity contribution in [3.05, 3.63) is 29.3 Å². The number of hydrogen-bond acceptors (Lipinski definition) is 2. The van der Waals surface area contributed by atoms with Gasteiger partial charge in [-0.25, -0.2) is 9.59 Å². The Hall–Kier alpha value is -2.48. The molecule has 0 aromatic heterocycles. The van der Waals surface area contributed by atoms with Crippen LogP contribution < -0.4 is 10.6 Å². The maximum absolute atomic E-state index is 11.6. The normalized spacial score (nSPS) is 9.60. The third-order valence-corrected chi connectivity index (χ3v) is 2.76.